The Morgan fingerprint density at radius 1 is 1.33 bits per heavy atom. The van der Waals surface area contributed by atoms with E-state index in [-0.39, 0.29) is 5.92 Å². The van der Waals surface area contributed by atoms with E-state index in [1.54, 1.807) is 0 Å². The maximum atomic E-state index is 12.5. The van der Waals surface area contributed by atoms with Crippen molar-refractivity contribution in [2.24, 2.45) is 17.8 Å². The number of fused-ring (bicyclic) bond motifs is 2. The Morgan fingerprint density at radius 2 is 2.11 bits per heavy atom. The van der Waals surface area contributed by atoms with Gasteiger partial charge in [0.05, 0.1) is 11.0 Å². The molecular weight excluding hydrogens is 263 g/mol. The van der Waals surface area contributed by atoms with Crippen LogP contribution in [-0.2, 0) is 6.18 Å². The molecule has 0 radical (unpaired) electrons. The molecule has 1 N–H and O–H groups in total. The zero-order valence-electron chi connectivity index (χ0n) is 9.65. The average Bonchev–Trinajstić information content (AvgIpc) is 3.02. The molecule has 6 heteroatoms. The Bertz CT molecular complexity index is 445. The van der Waals surface area contributed by atoms with Gasteiger partial charge in [-0.15, -0.1) is 11.3 Å². The molecule has 1 heterocycles. The van der Waals surface area contributed by atoms with E-state index < -0.39 is 17.3 Å². The first-order chi connectivity index (χ1) is 8.45. The van der Waals surface area contributed by atoms with Crippen molar-refractivity contribution in [3.63, 3.8) is 0 Å². The van der Waals surface area contributed by atoms with Crippen LogP contribution >= 0.6 is 11.3 Å². The number of rotatable bonds is 2. The van der Waals surface area contributed by atoms with Gasteiger partial charge in [-0.05, 0) is 37.0 Å². The molecule has 100 valence electrons. The number of aromatic nitrogens is 1. The second kappa shape index (κ2) is 4.20. The molecule has 1 aromatic heterocycles. The van der Waals surface area contributed by atoms with Gasteiger partial charge in [0.2, 0.25) is 0 Å². The summed E-state index contributed by atoms with van der Waals surface area (Å²) >= 11 is 0.576. The van der Waals surface area contributed by atoms with E-state index in [0.717, 1.165) is 19.3 Å². The van der Waals surface area contributed by atoms with E-state index in [9.17, 15) is 18.3 Å². The average molecular weight is 277 g/mol. The fourth-order valence-corrected chi connectivity index (χ4v) is 4.29. The summed E-state index contributed by atoms with van der Waals surface area (Å²) < 4.78 is 37.4. The van der Waals surface area contributed by atoms with Crippen LogP contribution in [0.15, 0.2) is 6.20 Å². The van der Waals surface area contributed by atoms with Gasteiger partial charge in [-0.2, -0.15) is 13.2 Å². The number of alkyl halides is 3. The third kappa shape index (κ3) is 2.05. The summed E-state index contributed by atoms with van der Waals surface area (Å²) in [6.07, 6.45) is 0.412. The maximum absolute atomic E-state index is 12.5. The third-order valence-electron chi connectivity index (χ3n) is 4.26. The highest BCUT2D eigenvalue weighted by Crippen LogP contribution is 2.53. The van der Waals surface area contributed by atoms with Crippen molar-refractivity contribution in [3.05, 3.63) is 16.1 Å². The van der Waals surface area contributed by atoms with Gasteiger partial charge in [0.25, 0.3) is 0 Å². The topological polar surface area (TPSA) is 33.1 Å². The molecule has 2 nitrogen and oxygen atoms in total. The molecule has 0 amide bonds. The van der Waals surface area contributed by atoms with Crippen molar-refractivity contribution in [2.75, 3.05) is 0 Å². The van der Waals surface area contributed by atoms with Gasteiger partial charge in [0.1, 0.15) is 0 Å². The van der Waals surface area contributed by atoms with Gasteiger partial charge in [-0.3, -0.25) is 0 Å². The number of nitrogens with zero attached hydrogens (tertiary/aromatic N) is 1. The molecular formula is C12H14F3NOS. The maximum Gasteiger partial charge on any atom is 0.443 e. The van der Waals surface area contributed by atoms with Crippen LogP contribution in [0.2, 0.25) is 0 Å². The predicted octanol–water partition coefficient (Wildman–Crippen LogP) is 3.63. The Morgan fingerprint density at radius 3 is 2.61 bits per heavy atom. The van der Waals surface area contributed by atoms with Crippen LogP contribution in [0.3, 0.4) is 0 Å². The lowest BCUT2D eigenvalue weighted by Gasteiger charge is -2.25. The number of hydrogen-bond acceptors (Lipinski definition) is 3. The summed E-state index contributed by atoms with van der Waals surface area (Å²) in [5.41, 5.74) is 0. The first-order valence-electron chi connectivity index (χ1n) is 6.16. The SMILES string of the molecule is OC(c1cnc(C(F)(F)F)s1)C1CC2CCC1C2. The normalized spacial score (nSPS) is 33.0. The van der Waals surface area contributed by atoms with Gasteiger partial charge in [-0.1, -0.05) is 6.42 Å². The molecule has 4 atom stereocenters. The lowest BCUT2D eigenvalue weighted by atomic mass is 9.84. The minimum absolute atomic E-state index is 0.130. The lowest BCUT2D eigenvalue weighted by Crippen LogP contribution is -2.18. The Hall–Kier alpha value is -0.620. The standard InChI is InChI=1S/C12H14F3NOS/c13-12(14,15)11-16-5-9(18-11)10(17)8-4-6-1-2-7(8)3-6/h5-8,10,17H,1-4H2. The highest BCUT2D eigenvalue weighted by atomic mass is 32.1. The van der Waals surface area contributed by atoms with E-state index in [2.05, 4.69) is 4.98 Å². The molecule has 2 saturated carbocycles. The second-order valence-electron chi connectivity index (χ2n) is 5.35. The molecule has 18 heavy (non-hydrogen) atoms. The van der Waals surface area contributed by atoms with Gasteiger partial charge in [0.15, 0.2) is 5.01 Å². The van der Waals surface area contributed by atoms with Crippen molar-refractivity contribution in [2.45, 2.75) is 38.0 Å². The lowest BCUT2D eigenvalue weighted by molar-refractivity contribution is -0.137. The van der Waals surface area contributed by atoms with Crippen molar-refractivity contribution in [1.82, 2.24) is 4.98 Å². The summed E-state index contributed by atoms with van der Waals surface area (Å²) in [6.45, 7) is 0. The molecule has 0 spiro atoms. The minimum atomic E-state index is -4.41. The van der Waals surface area contributed by atoms with E-state index in [4.69, 9.17) is 0 Å². The molecule has 0 saturated heterocycles. The van der Waals surface area contributed by atoms with Crippen molar-refractivity contribution < 1.29 is 18.3 Å². The van der Waals surface area contributed by atoms with Crippen molar-refractivity contribution >= 4 is 11.3 Å². The van der Waals surface area contributed by atoms with Crippen molar-refractivity contribution in [1.29, 1.82) is 0 Å². The van der Waals surface area contributed by atoms with Crippen LogP contribution in [0.5, 0.6) is 0 Å². The highest BCUT2D eigenvalue weighted by molar-refractivity contribution is 7.11. The molecule has 0 aromatic carbocycles. The summed E-state index contributed by atoms with van der Waals surface area (Å²) in [6, 6.07) is 0. The van der Waals surface area contributed by atoms with Crippen LogP contribution in [0.1, 0.15) is 41.7 Å². The third-order valence-corrected chi connectivity index (χ3v) is 5.37. The first-order valence-corrected chi connectivity index (χ1v) is 6.98. The molecule has 2 bridgehead atoms. The minimum Gasteiger partial charge on any atom is -0.387 e. The van der Waals surface area contributed by atoms with Crippen LogP contribution in [-0.4, -0.2) is 10.1 Å². The van der Waals surface area contributed by atoms with Crippen LogP contribution in [0.25, 0.3) is 0 Å². The zero-order chi connectivity index (χ0) is 12.9. The molecule has 1 aromatic rings. The van der Waals surface area contributed by atoms with Gasteiger partial charge in [0, 0.05) is 6.20 Å². The zero-order valence-corrected chi connectivity index (χ0v) is 10.5. The molecule has 2 aliphatic rings. The molecule has 3 rings (SSSR count). The number of thiazole rings is 1. The largest absolute Gasteiger partial charge is 0.443 e. The monoisotopic (exact) mass is 277 g/mol. The number of hydrogen-bond donors (Lipinski definition) is 1. The summed E-state index contributed by atoms with van der Waals surface area (Å²) in [5.74, 6) is 1.29. The second-order valence-corrected chi connectivity index (χ2v) is 6.41. The van der Waals surface area contributed by atoms with Crippen LogP contribution < -0.4 is 0 Å². The van der Waals surface area contributed by atoms with E-state index >= 15 is 0 Å². The summed E-state index contributed by atoms with van der Waals surface area (Å²) in [5, 5.41) is 9.36. The van der Waals surface area contributed by atoms with Gasteiger partial charge < -0.3 is 5.11 Å². The number of aliphatic hydroxyl groups excluding tert-OH is 1. The quantitative estimate of drug-likeness (QED) is 0.895. The number of halogens is 3. The van der Waals surface area contributed by atoms with Gasteiger partial charge >= 0.3 is 6.18 Å². The molecule has 0 aliphatic heterocycles. The van der Waals surface area contributed by atoms with E-state index in [0.29, 0.717) is 28.0 Å². The molecule has 2 aliphatic carbocycles. The first kappa shape index (κ1) is 12.4. The highest BCUT2D eigenvalue weighted by Gasteiger charge is 2.44. The van der Waals surface area contributed by atoms with E-state index in [1.165, 1.54) is 12.6 Å². The van der Waals surface area contributed by atoms with E-state index in [1.807, 2.05) is 0 Å². The van der Waals surface area contributed by atoms with Crippen LogP contribution in [0, 0.1) is 17.8 Å². The Labute approximate surface area is 107 Å². The van der Waals surface area contributed by atoms with Gasteiger partial charge in [-0.25, -0.2) is 4.98 Å². The summed E-state index contributed by atoms with van der Waals surface area (Å²) in [4.78, 5) is 3.74. The van der Waals surface area contributed by atoms with Crippen LogP contribution in [0.4, 0.5) is 13.2 Å². The summed E-state index contributed by atoms with van der Waals surface area (Å²) in [7, 11) is 0. The Balaban J connectivity index is 1.76. The predicted molar refractivity (Wildman–Crippen MR) is 61.0 cm³/mol. The fraction of sp³-hybridized carbons (Fsp3) is 0.750. The molecule has 4 unspecified atom stereocenters. The van der Waals surface area contributed by atoms with Crippen molar-refractivity contribution in [3.8, 4) is 0 Å². The molecule has 2 fully saturated rings. The smallest absolute Gasteiger partial charge is 0.387 e. The number of aliphatic hydroxyl groups is 1. The Kier molecular flexibility index (Phi) is 2.90. The fourth-order valence-electron chi connectivity index (χ4n) is 3.45.